The fourth-order valence-electron chi connectivity index (χ4n) is 6.47. The monoisotopic (exact) mass is 592 g/mol. The van der Waals surface area contributed by atoms with E-state index in [2.05, 4.69) is 43.8 Å². The lowest BCUT2D eigenvalue weighted by atomic mass is 10.0. The van der Waals surface area contributed by atoms with Gasteiger partial charge in [-0.3, -0.25) is 14.6 Å². The highest BCUT2D eigenvalue weighted by Gasteiger charge is 2.37. The predicted molar refractivity (Wildman–Crippen MR) is 165 cm³/mol. The number of fused-ring (bicyclic) bond motifs is 1. The van der Waals surface area contributed by atoms with Crippen LogP contribution in [0.5, 0.6) is 0 Å². The lowest BCUT2D eigenvalue weighted by Crippen LogP contribution is -2.49. The van der Waals surface area contributed by atoms with Gasteiger partial charge < -0.3 is 15.1 Å². The first-order chi connectivity index (χ1) is 20.8. The Labute approximate surface area is 252 Å². The minimum absolute atomic E-state index is 0.200. The van der Waals surface area contributed by atoms with Crippen molar-refractivity contribution in [3.8, 4) is 0 Å². The molecule has 3 aliphatic rings. The smallest absolute Gasteiger partial charge is 0.252 e. The Hall–Kier alpha value is -3.44. The van der Waals surface area contributed by atoms with Crippen molar-refractivity contribution in [3.63, 3.8) is 0 Å². The van der Waals surface area contributed by atoms with Crippen LogP contribution in [0.4, 0.5) is 20.5 Å². The molecule has 11 heteroatoms. The number of halogens is 2. The molecule has 1 unspecified atom stereocenters. The van der Waals surface area contributed by atoms with Crippen LogP contribution in [0.3, 0.4) is 0 Å². The van der Waals surface area contributed by atoms with Gasteiger partial charge in [0.2, 0.25) is 5.95 Å². The number of likely N-dealkylation sites (tertiary alicyclic amines) is 1. The van der Waals surface area contributed by atoms with E-state index in [1.54, 1.807) is 12.4 Å². The largest absolute Gasteiger partial charge is 0.354 e. The third kappa shape index (κ3) is 6.72. The van der Waals surface area contributed by atoms with Gasteiger partial charge in [-0.05, 0) is 51.0 Å². The number of pyridine rings is 1. The Morgan fingerprint density at radius 2 is 1.58 bits per heavy atom. The van der Waals surface area contributed by atoms with E-state index in [-0.39, 0.29) is 44.4 Å². The number of piperidine rings is 1. The number of amides is 1. The number of nitrogens with one attached hydrogen (secondary N) is 1. The molecule has 43 heavy (non-hydrogen) atoms. The number of anilines is 2. The number of alkyl halides is 2. The summed E-state index contributed by atoms with van der Waals surface area (Å²) in [7, 11) is 0. The van der Waals surface area contributed by atoms with E-state index in [0.29, 0.717) is 17.6 Å². The van der Waals surface area contributed by atoms with Crippen LogP contribution >= 0.6 is 0 Å². The molecule has 1 aromatic carbocycles. The van der Waals surface area contributed by atoms with E-state index in [4.69, 9.17) is 4.98 Å². The number of aromatic nitrogens is 3. The molecule has 0 bridgehead atoms. The highest BCUT2D eigenvalue weighted by Crippen LogP contribution is 2.32. The number of carbonyl (C=O) groups is 1. The molecular weight excluding hydrogens is 550 g/mol. The molecule has 0 spiro atoms. The summed E-state index contributed by atoms with van der Waals surface area (Å²) < 4.78 is 28.0. The molecule has 0 aliphatic carbocycles. The first kappa shape index (κ1) is 29.6. The third-order valence-corrected chi connectivity index (χ3v) is 9.19. The molecule has 2 aromatic heterocycles. The minimum Gasteiger partial charge on any atom is -0.354 e. The number of piperazine rings is 1. The number of nitrogens with zero attached hydrogens (tertiary/aromatic N) is 7. The number of rotatable bonds is 8. The average Bonchev–Trinajstić information content (AvgIpc) is 3.57. The number of benzene rings is 1. The molecule has 1 atom stereocenters. The summed E-state index contributed by atoms with van der Waals surface area (Å²) in [6.45, 7) is 10.9. The highest BCUT2D eigenvalue weighted by molar-refractivity contribution is 6.06. The molecule has 3 fully saturated rings. The Bertz CT molecular complexity index is 1390. The molecule has 1 N–H and O–H groups in total. The van der Waals surface area contributed by atoms with Crippen LogP contribution < -0.4 is 15.1 Å². The molecule has 1 amide bonds. The van der Waals surface area contributed by atoms with Crippen LogP contribution in [0, 0.1) is 0 Å². The maximum atomic E-state index is 14.0. The zero-order valence-corrected chi connectivity index (χ0v) is 25.2. The van der Waals surface area contributed by atoms with Crippen molar-refractivity contribution in [1.82, 2.24) is 30.1 Å². The van der Waals surface area contributed by atoms with Gasteiger partial charge in [0.25, 0.3) is 11.8 Å². The molecule has 3 aliphatic heterocycles. The Morgan fingerprint density at radius 3 is 2.26 bits per heavy atom. The fraction of sp³-hybridized carbons (Fsp3) is 0.562. The second-order valence-electron chi connectivity index (χ2n) is 12.3. The van der Waals surface area contributed by atoms with E-state index >= 15 is 0 Å². The Morgan fingerprint density at radius 1 is 0.884 bits per heavy atom. The molecule has 5 heterocycles. The standard InChI is InChI=1S/C32H42F2N8O/c1-23(2)39-16-18-41(19-17-39)29-9-8-25-26(6-5-7-27(25)38-29)30(43)35-22-28(40-14-10-32(33,34)11-15-40)24-20-36-31(37-21-24)42-12-3-4-13-42/h5-9,20-21,23,28H,3-4,10-19,22H2,1-2H3,(H,35,43). The van der Waals surface area contributed by atoms with Crippen molar-refractivity contribution < 1.29 is 13.6 Å². The van der Waals surface area contributed by atoms with Gasteiger partial charge >= 0.3 is 0 Å². The van der Waals surface area contributed by atoms with Gasteiger partial charge in [0.1, 0.15) is 5.82 Å². The molecule has 0 radical (unpaired) electrons. The lowest BCUT2D eigenvalue weighted by molar-refractivity contribution is -0.0632. The second kappa shape index (κ2) is 12.7. The van der Waals surface area contributed by atoms with Crippen molar-refractivity contribution in [2.24, 2.45) is 0 Å². The number of hydrogen-bond donors (Lipinski definition) is 1. The van der Waals surface area contributed by atoms with Crippen LogP contribution in [0.1, 0.15) is 61.5 Å². The number of hydrogen-bond acceptors (Lipinski definition) is 8. The first-order valence-corrected chi connectivity index (χ1v) is 15.6. The average molecular weight is 593 g/mol. The minimum atomic E-state index is -2.66. The second-order valence-corrected chi connectivity index (χ2v) is 12.3. The van der Waals surface area contributed by atoms with Crippen LogP contribution in [0.15, 0.2) is 42.7 Å². The third-order valence-electron chi connectivity index (χ3n) is 9.19. The van der Waals surface area contributed by atoms with Gasteiger partial charge in [0.05, 0.1) is 11.6 Å². The molecule has 6 rings (SSSR count). The summed E-state index contributed by atoms with van der Waals surface area (Å²) in [6, 6.07) is 9.82. The zero-order chi connectivity index (χ0) is 30.0. The maximum Gasteiger partial charge on any atom is 0.252 e. The topological polar surface area (TPSA) is 80.7 Å². The number of carbonyl (C=O) groups excluding carboxylic acids is 1. The summed E-state index contributed by atoms with van der Waals surface area (Å²) in [5.41, 5.74) is 2.14. The molecule has 230 valence electrons. The zero-order valence-electron chi connectivity index (χ0n) is 25.2. The van der Waals surface area contributed by atoms with Gasteiger partial charge in [-0.2, -0.15) is 0 Å². The van der Waals surface area contributed by atoms with Crippen LogP contribution in [-0.2, 0) is 0 Å². The van der Waals surface area contributed by atoms with E-state index in [0.717, 1.165) is 74.4 Å². The van der Waals surface area contributed by atoms with Gasteiger partial charge in [0.15, 0.2) is 0 Å². The van der Waals surface area contributed by atoms with Crippen LogP contribution in [0.25, 0.3) is 10.9 Å². The summed E-state index contributed by atoms with van der Waals surface area (Å²) in [5.74, 6) is -1.25. The predicted octanol–water partition coefficient (Wildman–Crippen LogP) is 4.36. The normalized spacial score (nSPS) is 20.6. The Balaban J connectivity index is 1.17. The van der Waals surface area contributed by atoms with E-state index < -0.39 is 5.92 Å². The molecule has 3 saturated heterocycles. The lowest BCUT2D eigenvalue weighted by Gasteiger charge is -2.37. The van der Waals surface area contributed by atoms with Crippen LogP contribution in [-0.4, -0.2) is 102 Å². The van der Waals surface area contributed by atoms with E-state index in [9.17, 15) is 13.6 Å². The SMILES string of the molecule is CC(C)N1CCN(c2ccc3c(C(=O)NCC(c4cnc(N5CCCC5)nc4)N4CCC(F)(F)CC4)cccc3n2)CC1. The maximum absolute atomic E-state index is 14.0. The fourth-order valence-corrected chi connectivity index (χ4v) is 6.47. The van der Waals surface area contributed by atoms with Crippen LogP contribution in [0.2, 0.25) is 0 Å². The van der Waals surface area contributed by atoms with Crippen molar-refractivity contribution in [1.29, 1.82) is 0 Å². The van der Waals surface area contributed by atoms with Crippen molar-refractivity contribution in [3.05, 3.63) is 53.9 Å². The summed E-state index contributed by atoms with van der Waals surface area (Å²) in [4.78, 5) is 36.6. The summed E-state index contributed by atoms with van der Waals surface area (Å²) >= 11 is 0. The van der Waals surface area contributed by atoms with Gasteiger partial charge in [-0.25, -0.2) is 23.7 Å². The molecule has 0 saturated carbocycles. The van der Waals surface area contributed by atoms with Crippen molar-refractivity contribution in [2.75, 3.05) is 68.7 Å². The van der Waals surface area contributed by atoms with Gasteiger partial charge in [0, 0.05) is 107 Å². The summed E-state index contributed by atoms with van der Waals surface area (Å²) in [6.07, 6.45) is 5.43. The molecule has 3 aromatic rings. The van der Waals surface area contributed by atoms with Gasteiger partial charge in [-0.15, -0.1) is 0 Å². The first-order valence-electron chi connectivity index (χ1n) is 15.6. The molecular formula is C32H42F2N8O. The quantitative estimate of drug-likeness (QED) is 0.414. The van der Waals surface area contributed by atoms with E-state index in [1.807, 2.05) is 35.2 Å². The summed E-state index contributed by atoms with van der Waals surface area (Å²) in [5, 5.41) is 3.88. The van der Waals surface area contributed by atoms with E-state index in [1.165, 1.54) is 0 Å². The van der Waals surface area contributed by atoms with Crippen molar-refractivity contribution >= 4 is 28.6 Å². The highest BCUT2D eigenvalue weighted by atomic mass is 19.3. The Kier molecular flexibility index (Phi) is 8.72. The van der Waals surface area contributed by atoms with Crippen molar-refractivity contribution in [2.45, 2.75) is 57.5 Å². The van der Waals surface area contributed by atoms with Gasteiger partial charge in [-0.1, -0.05) is 6.07 Å². The molecule has 9 nitrogen and oxygen atoms in total.